The van der Waals surface area contributed by atoms with Gasteiger partial charge in [0, 0.05) is 11.5 Å². The lowest BCUT2D eigenvalue weighted by molar-refractivity contribution is 0.557. The predicted octanol–water partition coefficient (Wildman–Crippen LogP) is 3.23. The molecule has 0 amide bonds. The number of rotatable bonds is 3. The second kappa shape index (κ2) is 6.77. The third kappa shape index (κ3) is 2.89. The van der Waals surface area contributed by atoms with E-state index < -0.39 is 5.63 Å². The summed E-state index contributed by atoms with van der Waals surface area (Å²) in [7, 11) is 0. The summed E-state index contributed by atoms with van der Waals surface area (Å²) in [4.78, 5) is 29.8. The monoisotopic (exact) mass is 410 g/mol. The first-order valence-electron chi connectivity index (χ1n) is 10.2. The maximum Gasteiger partial charge on any atom is 0.336 e. The molecule has 0 fully saturated rings. The Kier molecular flexibility index (Phi) is 3.89. The minimum atomic E-state index is -0.417. The summed E-state index contributed by atoms with van der Waals surface area (Å²) in [6.45, 7) is 0.235. The second-order valence-corrected chi connectivity index (χ2v) is 7.87. The van der Waals surface area contributed by atoms with Gasteiger partial charge in [-0.3, -0.25) is 9.36 Å². The van der Waals surface area contributed by atoms with Crippen molar-refractivity contribution >= 4 is 22.0 Å². The van der Waals surface area contributed by atoms with Crippen molar-refractivity contribution < 1.29 is 4.42 Å². The molecule has 7 heteroatoms. The van der Waals surface area contributed by atoms with Crippen LogP contribution in [0.2, 0.25) is 0 Å². The molecule has 0 spiro atoms. The van der Waals surface area contributed by atoms with E-state index in [1.807, 2.05) is 36.4 Å². The minimum absolute atomic E-state index is 0.199. The molecule has 7 nitrogen and oxygen atoms in total. The summed E-state index contributed by atoms with van der Waals surface area (Å²) in [6.07, 6.45) is 6.19. The fourth-order valence-electron chi connectivity index (χ4n) is 4.43. The number of aryl methyl sites for hydroxylation is 2. The molecule has 1 aliphatic rings. The fraction of sp³-hybridized carbons (Fsp3) is 0.167. The molecule has 0 N–H and O–H groups in total. The standard InChI is InChI=1S/C24H18N4O3/c29-22-11-17(19-9-15-5-4-6-16(15)10-21(19)31-22)13-27-14-25-23-20(24(27)30)12-26-28(23)18-7-2-1-3-8-18/h1-3,7-12,14H,4-6,13H2. The number of aromatic nitrogens is 4. The zero-order chi connectivity index (χ0) is 20.9. The number of fused-ring (bicyclic) bond motifs is 3. The molecular formula is C24H18N4O3. The van der Waals surface area contributed by atoms with E-state index in [1.165, 1.54) is 28.1 Å². The third-order valence-corrected chi connectivity index (χ3v) is 5.94. The normalized spacial score (nSPS) is 13.2. The van der Waals surface area contributed by atoms with E-state index in [-0.39, 0.29) is 12.1 Å². The lowest BCUT2D eigenvalue weighted by atomic mass is 10.0. The van der Waals surface area contributed by atoms with Gasteiger partial charge in [-0.2, -0.15) is 5.10 Å². The number of hydrogen-bond donors (Lipinski definition) is 0. The van der Waals surface area contributed by atoms with Crippen LogP contribution in [0.4, 0.5) is 0 Å². The molecule has 6 rings (SSSR count). The van der Waals surface area contributed by atoms with Gasteiger partial charge in [-0.05, 0) is 60.2 Å². The van der Waals surface area contributed by atoms with E-state index in [9.17, 15) is 9.59 Å². The second-order valence-electron chi connectivity index (χ2n) is 7.87. The van der Waals surface area contributed by atoms with Crippen molar-refractivity contribution in [2.24, 2.45) is 0 Å². The minimum Gasteiger partial charge on any atom is -0.423 e. The molecule has 2 aromatic carbocycles. The zero-order valence-corrected chi connectivity index (χ0v) is 16.6. The highest BCUT2D eigenvalue weighted by Gasteiger charge is 2.17. The van der Waals surface area contributed by atoms with Crippen LogP contribution in [0.3, 0.4) is 0 Å². The molecule has 0 saturated heterocycles. The van der Waals surface area contributed by atoms with Crippen molar-refractivity contribution in [3.05, 3.63) is 98.5 Å². The van der Waals surface area contributed by atoms with E-state index >= 15 is 0 Å². The molecular weight excluding hydrogens is 392 g/mol. The highest BCUT2D eigenvalue weighted by Crippen LogP contribution is 2.28. The van der Waals surface area contributed by atoms with Gasteiger partial charge in [0.15, 0.2) is 5.65 Å². The van der Waals surface area contributed by atoms with Gasteiger partial charge in [0.25, 0.3) is 5.56 Å². The molecule has 5 aromatic rings. The van der Waals surface area contributed by atoms with Crippen molar-refractivity contribution in [3.8, 4) is 5.69 Å². The van der Waals surface area contributed by atoms with Crippen LogP contribution in [-0.2, 0) is 19.4 Å². The first-order valence-corrected chi connectivity index (χ1v) is 10.2. The van der Waals surface area contributed by atoms with E-state index in [2.05, 4.69) is 16.1 Å². The lowest BCUT2D eigenvalue weighted by Crippen LogP contribution is -2.21. The van der Waals surface area contributed by atoms with Gasteiger partial charge < -0.3 is 4.42 Å². The van der Waals surface area contributed by atoms with Crippen LogP contribution in [0.25, 0.3) is 27.7 Å². The van der Waals surface area contributed by atoms with Crippen LogP contribution >= 0.6 is 0 Å². The van der Waals surface area contributed by atoms with Crippen LogP contribution < -0.4 is 11.2 Å². The SMILES string of the molecule is O=c1cc(Cn2cnc3c(cnn3-c3ccccc3)c2=O)c2cc3c(cc2o1)CCC3. The van der Waals surface area contributed by atoms with Crippen molar-refractivity contribution in [2.45, 2.75) is 25.8 Å². The van der Waals surface area contributed by atoms with Crippen LogP contribution in [0.15, 0.2) is 75.1 Å². The van der Waals surface area contributed by atoms with Gasteiger partial charge in [0.05, 0.1) is 18.4 Å². The first-order chi connectivity index (χ1) is 15.2. The molecule has 3 heterocycles. The number of nitrogens with zero attached hydrogens (tertiary/aromatic N) is 4. The van der Waals surface area contributed by atoms with Gasteiger partial charge in [-0.1, -0.05) is 18.2 Å². The van der Waals surface area contributed by atoms with Gasteiger partial charge in [-0.15, -0.1) is 0 Å². The molecule has 3 aromatic heterocycles. The summed E-state index contributed by atoms with van der Waals surface area (Å²) >= 11 is 0. The lowest BCUT2D eigenvalue weighted by Gasteiger charge is -2.10. The molecule has 0 radical (unpaired) electrons. The maximum absolute atomic E-state index is 13.2. The predicted molar refractivity (Wildman–Crippen MR) is 117 cm³/mol. The summed E-state index contributed by atoms with van der Waals surface area (Å²) in [5.41, 5.74) is 4.57. The maximum atomic E-state index is 13.2. The van der Waals surface area contributed by atoms with E-state index in [4.69, 9.17) is 4.42 Å². The van der Waals surface area contributed by atoms with Crippen molar-refractivity contribution in [3.63, 3.8) is 0 Å². The Balaban J connectivity index is 1.47. The van der Waals surface area contributed by atoms with Crippen LogP contribution in [-0.4, -0.2) is 19.3 Å². The average Bonchev–Trinajstić information content (AvgIpc) is 3.41. The fourth-order valence-corrected chi connectivity index (χ4v) is 4.43. The Labute approximate surface area is 176 Å². The van der Waals surface area contributed by atoms with Crippen molar-refractivity contribution in [1.82, 2.24) is 19.3 Å². The smallest absolute Gasteiger partial charge is 0.336 e. The molecule has 0 saturated carbocycles. The molecule has 0 atom stereocenters. The summed E-state index contributed by atoms with van der Waals surface area (Å²) in [5, 5.41) is 5.65. The Morgan fingerprint density at radius 1 is 0.968 bits per heavy atom. The van der Waals surface area contributed by atoms with Crippen molar-refractivity contribution in [2.75, 3.05) is 0 Å². The van der Waals surface area contributed by atoms with Gasteiger partial charge in [0.2, 0.25) is 0 Å². The number of benzene rings is 2. The third-order valence-electron chi connectivity index (χ3n) is 5.94. The van der Waals surface area contributed by atoms with E-state index in [0.29, 0.717) is 16.6 Å². The number of para-hydroxylation sites is 1. The highest BCUT2D eigenvalue weighted by atomic mass is 16.4. The van der Waals surface area contributed by atoms with Crippen LogP contribution in [0.1, 0.15) is 23.1 Å². The summed E-state index contributed by atoms with van der Waals surface area (Å²) in [5.74, 6) is 0. The summed E-state index contributed by atoms with van der Waals surface area (Å²) < 4.78 is 8.61. The topological polar surface area (TPSA) is 82.9 Å². The molecule has 152 valence electrons. The van der Waals surface area contributed by atoms with Crippen molar-refractivity contribution in [1.29, 1.82) is 0 Å². The van der Waals surface area contributed by atoms with Gasteiger partial charge >= 0.3 is 5.63 Å². The first kappa shape index (κ1) is 17.8. The average molecular weight is 410 g/mol. The highest BCUT2D eigenvalue weighted by molar-refractivity contribution is 5.82. The zero-order valence-electron chi connectivity index (χ0n) is 16.6. The van der Waals surface area contributed by atoms with Gasteiger partial charge in [-0.25, -0.2) is 14.5 Å². The molecule has 0 bridgehead atoms. The summed E-state index contributed by atoms with van der Waals surface area (Å²) in [6, 6.07) is 15.1. The largest absolute Gasteiger partial charge is 0.423 e. The van der Waals surface area contributed by atoms with E-state index in [0.717, 1.165) is 35.9 Å². The van der Waals surface area contributed by atoms with Crippen LogP contribution in [0, 0.1) is 0 Å². The Hall–Kier alpha value is -4.00. The quantitative estimate of drug-likeness (QED) is 0.427. The molecule has 0 aliphatic heterocycles. The Morgan fingerprint density at radius 3 is 2.61 bits per heavy atom. The molecule has 1 aliphatic carbocycles. The van der Waals surface area contributed by atoms with Crippen LogP contribution in [0.5, 0.6) is 0 Å². The van der Waals surface area contributed by atoms with E-state index in [1.54, 1.807) is 10.9 Å². The Bertz CT molecular complexity index is 1580. The van der Waals surface area contributed by atoms with Gasteiger partial charge in [0.1, 0.15) is 17.3 Å². The number of hydrogen-bond acceptors (Lipinski definition) is 5. The molecule has 31 heavy (non-hydrogen) atoms. The molecule has 0 unspecified atom stereocenters. The Morgan fingerprint density at radius 2 is 1.77 bits per heavy atom.